The molecule has 0 saturated carbocycles. The first-order chi connectivity index (χ1) is 9.75. The molecular weight excluding hydrogens is 244 g/mol. The van der Waals surface area contributed by atoms with E-state index in [2.05, 4.69) is 54.1 Å². The Labute approximate surface area is 119 Å². The molecule has 100 valence electrons. The van der Waals surface area contributed by atoms with Crippen LogP contribution in [0.2, 0.25) is 0 Å². The van der Waals surface area contributed by atoms with Crippen molar-refractivity contribution in [3.63, 3.8) is 0 Å². The molecule has 0 bridgehead atoms. The van der Waals surface area contributed by atoms with Crippen molar-refractivity contribution in [1.29, 1.82) is 0 Å². The Hall–Kier alpha value is -2.48. The number of nitrogens with two attached hydrogens (primary N) is 1. The summed E-state index contributed by atoms with van der Waals surface area (Å²) in [6.07, 6.45) is 13.7. The monoisotopic (exact) mass is 262 g/mol. The standard InChI is InChI=1S/C18H18N2/c1-13(14-7-3-2-4-8-14)11-12-16-15-9-5-6-10-17(15)20-18(16)19/h2-7,9-12,14,20H,1,8,19H2/b12-11-. The molecule has 0 aliphatic heterocycles. The summed E-state index contributed by atoms with van der Waals surface area (Å²) in [6, 6.07) is 8.14. The van der Waals surface area contributed by atoms with Crippen LogP contribution in [0.4, 0.5) is 5.82 Å². The fourth-order valence-electron chi connectivity index (χ4n) is 2.53. The Bertz CT molecular complexity index is 729. The van der Waals surface area contributed by atoms with Gasteiger partial charge in [0, 0.05) is 22.4 Å². The van der Waals surface area contributed by atoms with E-state index in [1.165, 1.54) is 0 Å². The molecule has 2 heteroatoms. The second-order valence-corrected chi connectivity index (χ2v) is 5.06. The number of allylic oxidation sites excluding steroid dienone is 6. The number of rotatable bonds is 3. The molecule has 1 aliphatic rings. The number of nitrogens with one attached hydrogen (secondary N) is 1. The Balaban J connectivity index is 1.87. The number of H-pyrrole nitrogens is 1. The van der Waals surface area contributed by atoms with Gasteiger partial charge in [-0.2, -0.15) is 0 Å². The predicted octanol–water partition coefficient (Wildman–Crippen LogP) is 4.45. The molecule has 3 rings (SSSR count). The minimum atomic E-state index is 0.391. The van der Waals surface area contributed by atoms with Crippen LogP contribution in [0.5, 0.6) is 0 Å². The zero-order valence-corrected chi connectivity index (χ0v) is 11.3. The molecule has 2 aromatic rings. The fourth-order valence-corrected chi connectivity index (χ4v) is 2.53. The number of aromatic amines is 1. The minimum absolute atomic E-state index is 0.391. The first-order valence-electron chi connectivity index (χ1n) is 6.82. The van der Waals surface area contributed by atoms with Crippen LogP contribution in [-0.2, 0) is 0 Å². The third-order valence-electron chi connectivity index (χ3n) is 3.70. The maximum atomic E-state index is 6.06. The van der Waals surface area contributed by atoms with Crippen LogP contribution in [0.1, 0.15) is 12.0 Å². The van der Waals surface area contributed by atoms with Gasteiger partial charge in [-0.05, 0) is 18.1 Å². The van der Waals surface area contributed by atoms with Crippen LogP contribution in [0.15, 0.2) is 66.8 Å². The van der Waals surface area contributed by atoms with E-state index < -0.39 is 0 Å². The Morgan fingerprint density at radius 3 is 2.95 bits per heavy atom. The Morgan fingerprint density at radius 1 is 1.30 bits per heavy atom. The smallest absolute Gasteiger partial charge is 0.109 e. The van der Waals surface area contributed by atoms with Crippen molar-refractivity contribution in [1.82, 2.24) is 4.98 Å². The first-order valence-corrected chi connectivity index (χ1v) is 6.82. The van der Waals surface area contributed by atoms with E-state index in [1.807, 2.05) is 18.2 Å². The van der Waals surface area contributed by atoms with E-state index in [0.29, 0.717) is 11.7 Å². The molecule has 0 fully saturated rings. The second kappa shape index (κ2) is 5.25. The van der Waals surface area contributed by atoms with Crippen molar-refractivity contribution >= 4 is 22.8 Å². The highest BCUT2D eigenvalue weighted by Gasteiger charge is 2.08. The summed E-state index contributed by atoms with van der Waals surface area (Å²) >= 11 is 0. The second-order valence-electron chi connectivity index (χ2n) is 5.06. The van der Waals surface area contributed by atoms with E-state index in [0.717, 1.165) is 28.5 Å². The van der Waals surface area contributed by atoms with Gasteiger partial charge in [0.2, 0.25) is 0 Å². The molecule has 2 nitrogen and oxygen atoms in total. The van der Waals surface area contributed by atoms with Gasteiger partial charge in [-0.15, -0.1) is 0 Å². The summed E-state index contributed by atoms with van der Waals surface area (Å²) in [5, 5.41) is 1.15. The number of benzene rings is 1. The molecule has 3 N–H and O–H groups in total. The van der Waals surface area contributed by atoms with Crippen LogP contribution in [-0.4, -0.2) is 4.98 Å². The summed E-state index contributed by atoms with van der Waals surface area (Å²) in [4.78, 5) is 3.20. The van der Waals surface area contributed by atoms with Crippen LogP contribution < -0.4 is 5.73 Å². The van der Waals surface area contributed by atoms with E-state index in [1.54, 1.807) is 0 Å². The van der Waals surface area contributed by atoms with Gasteiger partial charge in [0.15, 0.2) is 0 Å². The average Bonchev–Trinajstić information content (AvgIpc) is 2.81. The van der Waals surface area contributed by atoms with E-state index >= 15 is 0 Å². The van der Waals surface area contributed by atoms with Crippen molar-refractivity contribution in [2.24, 2.45) is 5.92 Å². The van der Waals surface area contributed by atoms with Crippen molar-refractivity contribution in [3.05, 3.63) is 72.4 Å². The van der Waals surface area contributed by atoms with Gasteiger partial charge in [-0.1, -0.05) is 61.2 Å². The molecule has 1 aromatic heterocycles. The van der Waals surface area contributed by atoms with Gasteiger partial charge in [0.25, 0.3) is 0 Å². The maximum absolute atomic E-state index is 6.06. The lowest BCUT2D eigenvalue weighted by Gasteiger charge is -2.12. The SMILES string of the molecule is C=C(/C=C\c1c(N)[nH]c2ccccc12)C1C=CC=CC1. The minimum Gasteiger partial charge on any atom is -0.385 e. The third-order valence-corrected chi connectivity index (χ3v) is 3.70. The lowest BCUT2D eigenvalue weighted by Crippen LogP contribution is -1.98. The molecule has 0 spiro atoms. The number of fused-ring (bicyclic) bond motifs is 1. The molecule has 0 amide bonds. The quantitative estimate of drug-likeness (QED) is 0.788. The van der Waals surface area contributed by atoms with Crippen molar-refractivity contribution in [3.8, 4) is 0 Å². The van der Waals surface area contributed by atoms with Gasteiger partial charge in [-0.3, -0.25) is 0 Å². The lowest BCUT2D eigenvalue weighted by molar-refractivity contribution is 0.791. The highest BCUT2D eigenvalue weighted by atomic mass is 14.8. The van der Waals surface area contributed by atoms with Gasteiger partial charge < -0.3 is 10.7 Å². The van der Waals surface area contributed by atoms with Gasteiger partial charge in [0.1, 0.15) is 5.82 Å². The molecular formula is C18H18N2. The first kappa shape index (κ1) is 12.5. The zero-order chi connectivity index (χ0) is 13.9. The normalized spacial score (nSPS) is 18.1. The van der Waals surface area contributed by atoms with Gasteiger partial charge in [-0.25, -0.2) is 0 Å². The van der Waals surface area contributed by atoms with Crippen LogP contribution in [0, 0.1) is 5.92 Å². The average molecular weight is 262 g/mol. The lowest BCUT2D eigenvalue weighted by atomic mass is 9.93. The Kier molecular flexibility index (Phi) is 3.30. The van der Waals surface area contributed by atoms with Crippen LogP contribution in [0.25, 0.3) is 17.0 Å². The van der Waals surface area contributed by atoms with Crippen molar-refractivity contribution in [2.45, 2.75) is 6.42 Å². The molecule has 1 atom stereocenters. The molecule has 1 heterocycles. The van der Waals surface area contributed by atoms with Gasteiger partial charge >= 0.3 is 0 Å². The molecule has 1 unspecified atom stereocenters. The summed E-state index contributed by atoms with van der Waals surface area (Å²) < 4.78 is 0. The maximum Gasteiger partial charge on any atom is 0.109 e. The number of nitrogen functional groups attached to an aromatic ring is 1. The molecule has 1 aromatic carbocycles. The summed E-state index contributed by atoms with van der Waals surface area (Å²) in [5.74, 6) is 1.09. The van der Waals surface area contributed by atoms with Gasteiger partial charge in [0.05, 0.1) is 0 Å². The van der Waals surface area contributed by atoms with Crippen LogP contribution in [0.3, 0.4) is 0 Å². The summed E-state index contributed by atoms with van der Waals surface area (Å²) in [7, 11) is 0. The van der Waals surface area contributed by atoms with Crippen LogP contribution >= 0.6 is 0 Å². The zero-order valence-electron chi connectivity index (χ0n) is 11.3. The number of anilines is 1. The number of hydrogen-bond acceptors (Lipinski definition) is 1. The summed E-state index contributed by atoms with van der Waals surface area (Å²) in [5.41, 5.74) is 9.27. The topological polar surface area (TPSA) is 41.8 Å². The highest BCUT2D eigenvalue weighted by Crippen LogP contribution is 2.27. The molecule has 20 heavy (non-hydrogen) atoms. The summed E-state index contributed by atoms with van der Waals surface area (Å²) in [6.45, 7) is 4.16. The van der Waals surface area contributed by atoms with Crippen molar-refractivity contribution in [2.75, 3.05) is 5.73 Å². The largest absolute Gasteiger partial charge is 0.385 e. The fraction of sp³-hybridized carbons (Fsp3) is 0.111. The molecule has 0 saturated heterocycles. The van der Waals surface area contributed by atoms with E-state index in [9.17, 15) is 0 Å². The number of hydrogen-bond donors (Lipinski definition) is 2. The Morgan fingerprint density at radius 2 is 2.15 bits per heavy atom. The molecule has 0 radical (unpaired) electrons. The highest BCUT2D eigenvalue weighted by molar-refractivity contribution is 5.94. The van der Waals surface area contributed by atoms with Crippen molar-refractivity contribution < 1.29 is 0 Å². The number of para-hydroxylation sites is 1. The predicted molar refractivity (Wildman–Crippen MR) is 87.3 cm³/mol. The third kappa shape index (κ3) is 2.32. The van der Waals surface area contributed by atoms with E-state index in [4.69, 9.17) is 5.73 Å². The number of aromatic nitrogens is 1. The van der Waals surface area contributed by atoms with E-state index in [-0.39, 0.29) is 0 Å². The molecule has 1 aliphatic carbocycles.